The lowest BCUT2D eigenvalue weighted by atomic mass is 10.1. The molecule has 0 bridgehead atoms. The smallest absolute Gasteiger partial charge is 0.334 e. The number of esters is 1. The van der Waals surface area contributed by atoms with E-state index in [0.29, 0.717) is 18.9 Å². The maximum Gasteiger partial charge on any atom is 0.334 e. The van der Waals surface area contributed by atoms with Crippen molar-refractivity contribution in [3.63, 3.8) is 0 Å². The first-order valence-corrected chi connectivity index (χ1v) is 6.86. The average Bonchev–Trinajstić information content (AvgIpc) is 2.42. The minimum Gasteiger partial charge on any atom is -0.467 e. The first-order valence-electron chi connectivity index (χ1n) is 6.86. The Morgan fingerprint density at radius 1 is 1.21 bits per heavy atom. The molecule has 0 aliphatic carbocycles. The minimum absolute atomic E-state index is 0.270. The molecule has 0 N–H and O–H groups in total. The topological polar surface area (TPSA) is 35.5 Å². The number of methoxy groups -OCH3 is 1. The molecule has 106 valence electrons. The molecule has 0 saturated heterocycles. The van der Waals surface area contributed by atoms with E-state index in [-0.39, 0.29) is 5.97 Å². The summed E-state index contributed by atoms with van der Waals surface area (Å²) in [6, 6.07) is 10.3. The molecule has 1 aromatic carbocycles. The molecule has 1 rings (SSSR count). The fraction of sp³-hybridized carbons (Fsp3) is 0.562. The number of carbonyl (C=O) groups is 1. The molecule has 0 spiro atoms. The van der Waals surface area contributed by atoms with Crippen LogP contribution in [0.25, 0.3) is 0 Å². The van der Waals surface area contributed by atoms with Gasteiger partial charge in [0, 0.05) is 6.61 Å². The fourth-order valence-electron chi connectivity index (χ4n) is 1.94. The van der Waals surface area contributed by atoms with Gasteiger partial charge >= 0.3 is 5.97 Å². The second-order valence-electron chi connectivity index (χ2n) is 5.10. The highest BCUT2D eigenvalue weighted by Gasteiger charge is 2.20. The second kappa shape index (κ2) is 8.70. The van der Waals surface area contributed by atoms with Crippen LogP contribution in [0.1, 0.15) is 32.3 Å². The van der Waals surface area contributed by atoms with Crippen LogP contribution in [0, 0.1) is 5.92 Å². The number of carbonyl (C=O) groups excluding carboxylic acids is 1. The van der Waals surface area contributed by atoms with Gasteiger partial charge < -0.3 is 9.47 Å². The highest BCUT2D eigenvalue weighted by Crippen LogP contribution is 2.11. The van der Waals surface area contributed by atoms with E-state index in [2.05, 4.69) is 26.0 Å². The first kappa shape index (κ1) is 15.7. The quantitative estimate of drug-likeness (QED) is 0.534. The SMILES string of the molecule is COC(=O)[C@@H](CC(C)C)OCCCc1ccccc1. The van der Waals surface area contributed by atoms with Crippen molar-refractivity contribution in [1.82, 2.24) is 0 Å². The molecule has 1 aromatic rings. The Bertz CT molecular complexity index is 360. The van der Waals surface area contributed by atoms with E-state index in [9.17, 15) is 4.79 Å². The molecular weight excluding hydrogens is 240 g/mol. The van der Waals surface area contributed by atoms with Crippen molar-refractivity contribution in [1.29, 1.82) is 0 Å². The molecule has 0 heterocycles. The van der Waals surface area contributed by atoms with E-state index >= 15 is 0 Å². The van der Waals surface area contributed by atoms with Gasteiger partial charge in [0.25, 0.3) is 0 Å². The summed E-state index contributed by atoms with van der Waals surface area (Å²) in [5, 5.41) is 0. The fourth-order valence-corrected chi connectivity index (χ4v) is 1.94. The van der Waals surface area contributed by atoms with Crippen LogP contribution in [0.5, 0.6) is 0 Å². The first-order chi connectivity index (χ1) is 9.13. The van der Waals surface area contributed by atoms with Gasteiger partial charge in [-0.05, 0) is 30.7 Å². The Morgan fingerprint density at radius 3 is 2.47 bits per heavy atom. The maximum absolute atomic E-state index is 11.6. The van der Waals surface area contributed by atoms with Crippen molar-refractivity contribution in [3.05, 3.63) is 35.9 Å². The molecular formula is C16H24O3. The van der Waals surface area contributed by atoms with Crippen LogP contribution in [-0.4, -0.2) is 25.8 Å². The van der Waals surface area contributed by atoms with Crippen molar-refractivity contribution in [3.8, 4) is 0 Å². The lowest BCUT2D eigenvalue weighted by Crippen LogP contribution is -2.27. The van der Waals surface area contributed by atoms with Crippen LogP contribution < -0.4 is 0 Å². The molecule has 0 aliphatic heterocycles. The van der Waals surface area contributed by atoms with Gasteiger partial charge in [-0.25, -0.2) is 4.79 Å². The molecule has 0 radical (unpaired) electrons. The number of ether oxygens (including phenoxy) is 2. The molecule has 19 heavy (non-hydrogen) atoms. The summed E-state index contributed by atoms with van der Waals surface area (Å²) in [7, 11) is 1.41. The summed E-state index contributed by atoms with van der Waals surface area (Å²) in [6.07, 6.45) is 2.16. The summed E-state index contributed by atoms with van der Waals surface area (Å²) < 4.78 is 10.4. The Kier molecular flexibility index (Phi) is 7.19. The average molecular weight is 264 g/mol. The molecule has 0 fully saturated rings. The second-order valence-corrected chi connectivity index (χ2v) is 5.10. The van der Waals surface area contributed by atoms with E-state index in [1.807, 2.05) is 18.2 Å². The number of rotatable bonds is 8. The Morgan fingerprint density at radius 2 is 1.89 bits per heavy atom. The predicted molar refractivity (Wildman–Crippen MR) is 76.0 cm³/mol. The zero-order valence-corrected chi connectivity index (χ0v) is 12.1. The summed E-state index contributed by atoms with van der Waals surface area (Å²) in [6.45, 7) is 4.73. The zero-order chi connectivity index (χ0) is 14.1. The van der Waals surface area contributed by atoms with E-state index in [1.54, 1.807) is 0 Å². The third-order valence-corrected chi connectivity index (χ3v) is 2.92. The molecule has 0 aliphatic rings. The van der Waals surface area contributed by atoms with Crippen molar-refractivity contribution < 1.29 is 14.3 Å². The van der Waals surface area contributed by atoms with E-state index in [1.165, 1.54) is 12.7 Å². The van der Waals surface area contributed by atoms with Gasteiger partial charge in [0.2, 0.25) is 0 Å². The number of hydrogen-bond acceptors (Lipinski definition) is 3. The predicted octanol–water partition coefficient (Wildman–Crippen LogP) is 3.22. The minimum atomic E-state index is -0.430. The van der Waals surface area contributed by atoms with Crippen LogP contribution in [0.4, 0.5) is 0 Å². The number of aryl methyl sites for hydroxylation is 1. The van der Waals surface area contributed by atoms with E-state index < -0.39 is 6.10 Å². The van der Waals surface area contributed by atoms with Crippen molar-refractivity contribution >= 4 is 5.97 Å². The Hall–Kier alpha value is -1.35. The van der Waals surface area contributed by atoms with Gasteiger partial charge in [-0.2, -0.15) is 0 Å². The molecule has 0 amide bonds. The summed E-state index contributed by atoms with van der Waals surface area (Å²) >= 11 is 0. The summed E-state index contributed by atoms with van der Waals surface area (Å²) in [5.41, 5.74) is 1.30. The van der Waals surface area contributed by atoms with Crippen molar-refractivity contribution in [2.24, 2.45) is 5.92 Å². The van der Waals surface area contributed by atoms with Crippen LogP contribution in [-0.2, 0) is 20.7 Å². The van der Waals surface area contributed by atoms with Gasteiger partial charge in [0.15, 0.2) is 6.10 Å². The van der Waals surface area contributed by atoms with Gasteiger partial charge in [-0.3, -0.25) is 0 Å². The molecule has 0 unspecified atom stereocenters. The summed E-state index contributed by atoms with van der Waals surface area (Å²) in [5.74, 6) is 0.145. The molecule has 0 saturated carbocycles. The van der Waals surface area contributed by atoms with E-state index in [0.717, 1.165) is 12.8 Å². The lowest BCUT2D eigenvalue weighted by molar-refractivity contribution is -0.155. The van der Waals surface area contributed by atoms with E-state index in [4.69, 9.17) is 9.47 Å². The largest absolute Gasteiger partial charge is 0.467 e. The maximum atomic E-state index is 11.6. The van der Waals surface area contributed by atoms with Crippen LogP contribution >= 0.6 is 0 Å². The third-order valence-electron chi connectivity index (χ3n) is 2.92. The third kappa shape index (κ3) is 6.39. The van der Waals surface area contributed by atoms with Gasteiger partial charge in [0.05, 0.1) is 7.11 Å². The lowest BCUT2D eigenvalue weighted by Gasteiger charge is -2.17. The van der Waals surface area contributed by atoms with Crippen LogP contribution in [0.15, 0.2) is 30.3 Å². The monoisotopic (exact) mass is 264 g/mol. The van der Waals surface area contributed by atoms with Crippen LogP contribution in [0.2, 0.25) is 0 Å². The Balaban J connectivity index is 2.30. The van der Waals surface area contributed by atoms with Gasteiger partial charge in [-0.15, -0.1) is 0 Å². The molecule has 1 atom stereocenters. The highest BCUT2D eigenvalue weighted by atomic mass is 16.6. The molecule has 3 heteroatoms. The van der Waals surface area contributed by atoms with Crippen LogP contribution in [0.3, 0.4) is 0 Å². The number of benzene rings is 1. The van der Waals surface area contributed by atoms with Crippen molar-refractivity contribution in [2.45, 2.75) is 39.2 Å². The van der Waals surface area contributed by atoms with Gasteiger partial charge in [-0.1, -0.05) is 44.2 Å². The molecule has 3 nitrogen and oxygen atoms in total. The number of hydrogen-bond donors (Lipinski definition) is 0. The normalized spacial score (nSPS) is 12.4. The van der Waals surface area contributed by atoms with Gasteiger partial charge in [0.1, 0.15) is 0 Å². The Labute approximate surface area is 115 Å². The summed E-state index contributed by atoms with van der Waals surface area (Å²) in [4.78, 5) is 11.6. The zero-order valence-electron chi connectivity index (χ0n) is 12.1. The molecule has 0 aromatic heterocycles. The standard InChI is InChI=1S/C16H24O3/c1-13(2)12-15(16(17)18-3)19-11-7-10-14-8-5-4-6-9-14/h4-6,8-9,13,15H,7,10-12H2,1-3H3/t15-/m1/s1. The highest BCUT2D eigenvalue weighted by molar-refractivity contribution is 5.74. The van der Waals surface area contributed by atoms with Crippen molar-refractivity contribution in [2.75, 3.05) is 13.7 Å².